The van der Waals surface area contributed by atoms with Crippen molar-refractivity contribution < 1.29 is 14.3 Å². The number of nitrogens with one attached hydrogen (secondary N) is 1. The number of hydrogen-bond acceptors (Lipinski definition) is 5. The number of terminal acetylenes is 1. The van der Waals surface area contributed by atoms with Gasteiger partial charge < -0.3 is 14.8 Å². The molecule has 0 aliphatic carbocycles. The Morgan fingerprint density at radius 1 is 1.25 bits per heavy atom. The summed E-state index contributed by atoms with van der Waals surface area (Å²) in [5.41, 5.74) is 0.578. The van der Waals surface area contributed by atoms with Crippen LogP contribution >= 0.6 is 0 Å². The Morgan fingerprint density at radius 3 is 2.79 bits per heavy atom. The van der Waals surface area contributed by atoms with E-state index >= 15 is 0 Å². The van der Waals surface area contributed by atoms with Gasteiger partial charge in [0.15, 0.2) is 17.2 Å². The van der Waals surface area contributed by atoms with Crippen molar-refractivity contribution in [3.8, 4) is 23.8 Å². The van der Waals surface area contributed by atoms with Gasteiger partial charge in [0, 0.05) is 38.6 Å². The SMILES string of the molecule is C#CCCC1(CCC(=O)NCc2ccc3c(c2)OCCCO3)N=N1. The number of carbonyl (C=O) groups is 1. The van der Waals surface area contributed by atoms with Crippen molar-refractivity contribution in [2.45, 2.75) is 44.3 Å². The fraction of sp³-hybridized carbons (Fsp3) is 0.500. The summed E-state index contributed by atoms with van der Waals surface area (Å²) in [5, 5.41) is 11.0. The molecule has 2 heterocycles. The van der Waals surface area contributed by atoms with Crippen LogP contribution in [0.15, 0.2) is 28.4 Å². The smallest absolute Gasteiger partial charge is 0.220 e. The number of fused-ring (bicyclic) bond motifs is 1. The van der Waals surface area contributed by atoms with Crippen molar-refractivity contribution in [3.63, 3.8) is 0 Å². The summed E-state index contributed by atoms with van der Waals surface area (Å²) >= 11 is 0. The second kappa shape index (κ2) is 7.35. The van der Waals surface area contributed by atoms with Crippen LogP contribution in [0.5, 0.6) is 11.5 Å². The van der Waals surface area contributed by atoms with Crippen LogP contribution in [-0.2, 0) is 11.3 Å². The van der Waals surface area contributed by atoms with E-state index in [2.05, 4.69) is 21.5 Å². The molecule has 1 amide bonds. The molecule has 0 saturated carbocycles. The third-order valence-electron chi connectivity index (χ3n) is 4.11. The molecular weight excluding hydrogens is 306 g/mol. The average molecular weight is 327 g/mol. The average Bonchev–Trinajstić information content (AvgIpc) is 3.40. The van der Waals surface area contributed by atoms with E-state index in [9.17, 15) is 4.79 Å². The van der Waals surface area contributed by atoms with Gasteiger partial charge in [-0.2, -0.15) is 10.2 Å². The van der Waals surface area contributed by atoms with Crippen molar-refractivity contribution in [1.29, 1.82) is 0 Å². The van der Waals surface area contributed by atoms with Crippen LogP contribution in [0.2, 0.25) is 0 Å². The monoisotopic (exact) mass is 327 g/mol. The normalized spacial score (nSPS) is 16.8. The first-order valence-corrected chi connectivity index (χ1v) is 8.23. The van der Waals surface area contributed by atoms with Crippen LogP contribution < -0.4 is 14.8 Å². The zero-order valence-electron chi connectivity index (χ0n) is 13.6. The molecule has 126 valence electrons. The van der Waals surface area contributed by atoms with Gasteiger partial charge in [0.25, 0.3) is 0 Å². The molecule has 0 saturated heterocycles. The minimum atomic E-state index is -0.404. The first-order valence-electron chi connectivity index (χ1n) is 8.23. The highest BCUT2D eigenvalue weighted by Crippen LogP contribution is 2.37. The molecule has 0 bridgehead atoms. The molecule has 0 aromatic heterocycles. The number of carbonyl (C=O) groups excluding carboxylic acids is 1. The standard InChI is InChI=1S/C18H21N3O3/c1-2-3-8-18(20-21-18)9-7-17(22)19-13-14-5-6-15-16(12-14)24-11-4-10-23-15/h1,5-6,12H,3-4,7-11,13H2,(H,19,22). The first-order chi connectivity index (χ1) is 11.7. The number of benzene rings is 1. The topological polar surface area (TPSA) is 72.3 Å². The molecule has 0 spiro atoms. The molecule has 1 N–H and O–H groups in total. The fourth-order valence-electron chi connectivity index (χ4n) is 2.59. The van der Waals surface area contributed by atoms with Gasteiger partial charge in [0.05, 0.1) is 13.2 Å². The van der Waals surface area contributed by atoms with Crippen LogP contribution in [0.4, 0.5) is 0 Å². The molecule has 3 rings (SSSR count). The fourth-order valence-corrected chi connectivity index (χ4v) is 2.59. The lowest BCUT2D eigenvalue weighted by Gasteiger charge is -2.11. The van der Waals surface area contributed by atoms with Crippen molar-refractivity contribution >= 4 is 5.91 Å². The summed E-state index contributed by atoms with van der Waals surface area (Å²) in [5.74, 6) is 4.07. The Labute approximate surface area is 141 Å². The van der Waals surface area contributed by atoms with Crippen molar-refractivity contribution in [2.24, 2.45) is 10.2 Å². The number of hydrogen-bond donors (Lipinski definition) is 1. The van der Waals surface area contributed by atoms with Gasteiger partial charge >= 0.3 is 0 Å². The largest absolute Gasteiger partial charge is 0.490 e. The van der Waals surface area contributed by atoms with E-state index in [0.29, 0.717) is 39.0 Å². The highest BCUT2D eigenvalue weighted by Gasteiger charge is 2.39. The zero-order valence-corrected chi connectivity index (χ0v) is 13.6. The van der Waals surface area contributed by atoms with Gasteiger partial charge in [-0.1, -0.05) is 6.07 Å². The molecule has 0 atom stereocenters. The minimum absolute atomic E-state index is 0.0144. The highest BCUT2D eigenvalue weighted by molar-refractivity contribution is 5.76. The molecular formula is C18H21N3O3. The van der Waals surface area contributed by atoms with Gasteiger partial charge in [-0.3, -0.25) is 4.79 Å². The van der Waals surface area contributed by atoms with Crippen LogP contribution in [0, 0.1) is 12.3 Å². The van der Waals surface area contributed by atoms with Gasteiger partial charge in [0.2, 0.25) is 5.91 Å². The second-order valence-electron chi connectivity index (χ2n) is 5.99. The lowest BCUT2D eigenvalue weighted by Crippen LogP contribution is -2.24. The molecule has 24 heavy (non-hydrogen) atoms. The number of ether oxygens (including phenoxy) is 2. The van der Waals surface area contributed by atoms with E-state index in [1.54, 1.807) is 0 Å². The Kier molecular flexibility index (Phi) is 4.99. The van der Waals surface area contributed by atoms with Gasteiger partial charge in [-0.15, -0.1) is 12.3 Å². The number of rotatable bonds is 7. The molecule has 0 fully saturated rings. The molecule has 0 unspecified atom stereocenters. The maximum absolute atomic E-state index is 12.0. The highest BCUT2D eigenvalue weighted by atomic mass is 16.5. The van der Waals surface area contributed by atoms with Crippen LogP contribution in [0.1, 0.15) is 37.7 Å². The lowest BCUT2D eigenvalue weighted by molar-refractivity contribution is -0.121. The molecule has 1 aromatic rings. The lowest BCUT2D eigenvalue weighted by atomic mass is 10.0. The summed E-state index contributed by atoms with van der Waals surface area (Å²) in [7, 11) is 0. The summed E-state index contributed by atoms with van der Waals surface area (Å²) in [6.07, 6.45) is 8.49. The van der Waals surface area contributed by atoms with Crippen LogP contribution in [0.25, 0.3) is 0 Å². The predicted molar refractivity (Wildman–Crippen MR) is 88.8 cm³/mol. The van der Waals surface area contributed by atoms with E-state index in [1.807, 2.05) is 18.2 Å². The van der Waals surface area contributed by atoms with Crippen molar-refractivity contribution in [1.82, 2.24) is 5.32 Å². The maximum Gasteiger partial charge on any atom is 0.220 e. The van der Waals surface area contributed by atoms with Crippen LogP contribution in [-0.4, -0.2) is 24.8 Å². The Bertz CT molecular complexity index is 673. The Morgan fingerprint density at radius 2 is 2.04 bits per heavy atom. The molecule has 1 aromatic carbocycles. The molecule has 2 aliphatic rings. The minimum Gasteiger partial charge on any atom is -0.490 e. The summed E-state index contributed by atoms with van der Waals surface area (Å²) < 4.78 is 11.3. The van der Waals surface area contributed by atoms with E-state index in [-0.39, 0.29) is 5.91 Å². The van der Waals surface area contributed by atoms with Gasteiger partial charge in [-0.25, -0.2) is 0 Å². The predicted octanol–water partition coefficient (Wildman–Crippen LogP) is 2.82. The molecule has 2 aliphatic heterocycles. The Balaban J connectivity index is 1.45. The van der Waals surface area contributed by atoms with E-state index < -0.39 is 5.66 Å². The second-order valence-corrected chi connectivity index (χ2v) is 5.99. The Hall–Kier alpha value is -2.55. The number of amides is 1. The van der Waals surface area contributed by atoms with Crippen molar-refractivity contribution in [3.05, 3.63) is 23.8 Å². The van der Waals surface area contributed by atoms with E-state index in [0.717, 1.165) is 29.9 Å². The van der Waals surface area contributed by atoms with Crippen molar-refractivity contribution in [2.75, 3.05) is 13.2 Å². The summed E-state index contributed by atoms with van der Waals surface area (Å²) in [6, 6.07) is 5.74. The molecule has 0 radical (unpaired) electrons. The van der Waals surface area contributed by atoms with E-state index in [1.165, 1.54) is 0 Å². The van der Waals surface area contributed by atoms with Crippen LogP contribution in [0.3, 0.4) is 0 Å². The third kappa shape index (κ3) is 4.25. The quantitative estimate of drug-likeness (QED) is 0.783. The number of nitrogens with zero attached hydrogens (tertiary/aromatic N) is 2. The third-order valence-corrected chi connectivity index (χ3v) is 4.11. The summed E-state index contributed by atoms with van der Waals surface area (Å²) in [4.78, 5) is 12.0. The van der Waals surface area contributed by atoms with Gasteiger partial charge in [0.1, 0.15) is 0 Å². The maximum atomic E-state index is 12.0. The van der Waals surface area contributed by atoms with E-state index in [4.69, 9.17) is 15.9 Å². The molecule has 6 heteroatoms. The van der Waals surface area contributed by atoms with Gasteiger partial charge in [-0.05, 0) is 17.7 Å². The first kappa shape index (κ1) is 16.3. The molecule has 6 nitrogen and oxygen atoms in total. The summed E-state index contributed by atoms with van der Waals surface area (Å²) in [6.45, 7) is 1.78. The zero-order chi connectivity index (χ0) is 16.8.